The Bertz CT molecular complexity index is 1540. The zero-order chi connectivity index (χ0) is 57.9. The van der Waals surface area contributed by atoms with E-state index >= 15 is 0 Å². The summed E-state index contributed by atoms with van der Waals surface area (Å²) in [5, 5.41) is 3.03. The number of esters is 1. The number of nitrogens with zero attached hydrogens (tertiary/aromatic N) is 1. The fourth-order valence-electron chi connectivity index (χ4n) is 9.72. The van der Waals surface area contributed by atoms with Gasteiger partial charge < -0.3 is 28.5 Å². The Morgan fingerprint density at radius 2 is 0.810 bits per heavy atom. The Labute approximate surface area is 490 Å². The third kappa shape index (κ3) is 60.1. The Balaban J connectivity index is 5.11. The van der Waals surface area contributed by atoms with Crippen LogP contribution in [0.2, 0.25) is 0 Å². The van der Waals surface area contributed by atoms with Crippen LogP contribution in [0, 0.1) is 0 Å². The van der Waals surface area contributed by atoms with E-state index in [1.807, 2.05) is 33.3 Å². The highest BCUT2D eigenvalue weighted by atomic mass is 31.2. The molecule has 0 fully saturated rings. The number of rotatable bonds is 61. The number of phosphoric acid groups is 1. The molecular formula is C69H129N2O7P. The SMILES string of the molecule is CCCCC/C=C\C/C=C\CCCCCCCCCCCCCCCCCC(=O)OC(/C=C\CCCCCCCCCCCCC)C(COP(=O)([O-])OCC[N+](C)(C)C)NC(=O)CCCCCCCC/C=C/C=C/CCCCC. The Morgan fingerprint density at radius 3 is 1.24 bits per heavy atom. The van der Waals surface area contributed by atoms with Crippen LogP contribution in [0.4, 0.5) is 0 Å². The van der Waals surface area contributed by atoms with Gasteiger partial charge in [0.1, 0.15) is 19.3 Å². The molecule has 0 aromatic heterocycles. The van der Waals surface area contributed by atoms with Crippen molar-refractivity contribution in [2.24, 2.45) is 0 Å². The molecule has 462 valence electrons. The molecule has 0 spiro atoms. The highest BCUT2D eigenvalue weighted by molar-refractivity contribution is 7.45. The fraction of sp³-hybridized carbons (Fsp3) is 0.826. The van der Waals surface area contributed by atoms with Gasteiger partial charge in [-0.3, -0.25) is 14.2 Å². The van der Waals surface area contributed by atoms with Crippen LogP contribution in [0.1, 0.15) is 316 Å². The molecule has 79 heavy (non-hydrogen) atoms. The first-order chi connectivity index (χ1) is 38.4. The molecule has 0 saturated heterocycles. The van der Waals surface area contributed by atoms with Gasteiger partial charge in [-0.05, 0) is 89.5 Å². The second-order valence-corrected chi connectivity index (χ2v) is 25.4. The van der Waals surface area contributed by atoms with Crippen molar-refractivity contribution in [1.29, 1.82) is 0 Å². The minimum absolute atomic E-state index is 0.0248. The summed E-state index contributed by atoms with van der Waals surface area (Å²) in [7, 11) is 1.18. The maximum Gasteiger partial charge on any atom is 0.306 e. The van der Waals surface area contributed by atoms with E-state index in [1.54, 1.807) is 0 Å². The molecule has 0 aliphatic carbocycles. The molecule has 0 radical (unpaired) electrons. The number of unbranched alkanes of at least 4 members (excludes halogenated alkanes) is 38. The molecule has 0 saturated carbocycles. The number of likely N-dealkylation sites (N-methyl/N-ethyl adjacent to an activating group) is 1. The van der Waals surface area contributed by atoms with E-state index in [4.69, 9.17) is 13.8 Å². The number of ether oxygens (including phenoxy) is 1. The van der Waals surface area contributed by atoms with Crippen LogP contribution in [0.5, 0.6) is 0 Å². The fourth-order valence-corrected chi connectivity index (χ4v) is 10.4. The summed E-state index contributed by atoms with van der Waals surface area (Å²) < 4.78 is 30.4. The van der Waals surface area contributed by atoms with Crippen molar-refractivity contribution in [2.45, 2.75) is 328 Å². The minimum Gasteiger partial charge on any atom is -0.756 e. The normalized spacial score (nSPS) is 14.0. The van der Waals surface area contributed by atoms with Gasteiger partial charge in [-0.1, -0.05) is 275 Å². The van der Waals surface area contributed by atoms with Crippen molar-refractivity contribution in [3.63, 3.8) is 0 Å². The summed E-state index contributed by atoms with van der Waals surface area (Å²) in [5.41, 5.74) is 0. The van der Waals surface area contributed by atoms with E-state index in [1.165, 1.54) is 193 Å². The molecule has 10 heteroatoms. The van der Waals surface area contributed by atoms with Gasteiger partial charge in [-0.25, -0.2) is 0 Å². The summed E-state index contributed by atoms with van der Waals surface area (Å²) in [5.74, 6) is -0.545. The molecule has 1 N–H and O–H groups in total. The van der Waals surface area contributed by atoms with Gasteiger partial charge in [0.2, 0.25) is 5.91 Å². The van der Waals surface area contributed by atoms with Crippen molar-refractivity contribution < 1.29 is 37.3 Å². The summed E-state index contributed by atoms with van der Waals surface area (Å²) >= 11 is 0. The van der Waals surface area contributed by atoms with Gasteiger partial charge in [0, 0.05) is 12.8 Å². The Morgan fingerprint density at radius 1 is 0.456 bits per heavy atom. The molecule has 0 heterocycles. The van der Waals surface area contributed by atoms with E-state index in [0.717, 1.165) is 89.9 Å². The lowest BCUT2D eigenvalue weighted by molar-refractivity contribution is -0.870. The highest BCUT2D eigenvalue weighted by Crippen LogP contribution is 2.38. The number of carbonyl (C=O) groups is 2. The monoisotopic (exact) mass is 1130 g/mol. The van der Waals surface area contributed by atoms with Gasteiger partial charge >= 0.3 is 5.97 Å². The van der Waals surface area contributed by atoms with Crippen molar-refractivity contribution in [2.75, 3.05) is 40.9 Å². The van der Waals surface area contributed by atoms with E-state index in [0.29, 0.717) is 17.4 Å². The van der Waals surface area contributed by atoms with Crippen LogP contribution < -0.4 is 10.2 Å². The molecule has 0 aliphatic rings. The maximum atomic E-state index is 13.5. The van der Waals surface area contributed by atoms with Gasteiger partial charge in [0.05, 0.1) is 33.8 Å². The van der Waals surface area contributed by atoms with Gasteiger partial charge in [0.15, 0.2) is 0 Å². The molecule has 0 aromatic rings. The van der Waals surface area contributed by atoms with E-state index < -0.39 is 26.6 Å². The molecule has 3 atom stereocenters. The number of hydrogen-bond acceptors (Lipinski definition) is 7. The second-order valence-electron chi connectivity index (χ2n) is 24.0. The average molecular weight is 1130 g/mol. The van der Waals surface area contributed by atoms with Crippen molar-refractivity contribution in [1.82, 2.24) is 5.32 Å². The zero-order valence-corrected chi connectivity index (χ0v) is 53.7. The lowest BCUT2D eigenvalue weighted by Crippen LogP contribution is -2.47. The molecule has 9 nitrogen and oxygen atoms in total. The standard InChI is InChI=1S/C69H129N2O7P/c1-7-10-13-16-19-22-25-28-30-31-32-33-34-35-36-37-38-39-41-44-47-50-53-56-59-62-69(73)78-67(60-57-54-51-48-45-42-27-24-21-18-15-12-9-3)66(65-77-79(74,75)76-64-63-71(4,5)6)70-68(72)61-58-55-52-49-46-43-40-29-26-23-20-17-14-11-8-2/h19-20,22-23,26,28-30,57,60,66-67H,7-18,21,24-25,27,31-56,58-59,61-65H2,1-6H3,(H-,70,72,74,75)/b22-19-,23-20+,29-26+,30-28-,60-57-. The van der Waals surface area contributed by atoms with Gasteiger partial charge in [-0.2, -0.15) is 0 Å². The molecule has 0 aromatic carbocycles. The summed E-state index contributed by atoms with van der Waals surface area (Å²) in [4.78, 5) is 40.1. The van der Waals surface area contributed by atoms with E-state index in [2.05, 4.69) is 74.7 Å². The number of allylic oxidation sites excluding steroid dienone is 9. The van der Waals surface area contributed by atoms with Gasteiger partial charge in [0.25, 0.3) is 7.82 Å². The minimum atomic E-state index is -4.70. The zero-order valence-electron chi connectivity index (χ0n) is 52.8. The summed E-state index contributed by atoms with van der Waals surface area (Å²) in [6, 6.07) is -0.895. The Kier molecular flexibility index (Phi) is 57.2. The lowest BCUT2D eigenvalue weighted by atomic mass is 10.0. The van der Waals surface area contributed by atoms with Crippen molar-refractivity contribution in [3.8, 4) is 0 Å². The molecule has 0 bridgehead atoms. The van der Waals surface area contributed by atoms with E-state index in [9.17, 15) is 19.0 Å². The first kappa shape index (κ1) is 76.7. The number of nitrogens with one attached hydrogen (secondary N) is 1. The third-order valence-corrected chi connectivity index (χ3v) is 15.9. The molecule has 3 unspecified atom stereocenters. The topological polar surface area (TPSA) is 114 Å². The van der Waals surface area contributed by atoms with Gasteiger partial charge in [-0.15, -0.1) is 0 Å². The smallest absolute Gasteiger partial charge is 0.306 e. The molecule has 1 amide bonds. The average Bonchev–Trinajstić information content (AvgIpc) is 3.41. The van der Waals surface area contributed by atoms with Crippen LogP contribution in [-0.4, -0.2) is 69.4 Å². The molecule has 0 rings (SSSR count). The van der Waals surface area contributed by atoms with Crippen LogP contribution in [0.25, 0.3) is 0 Å². The van der Waals surface area contributed by atoms with Crippen LogP contribution >= 0.6 is 7.82 Å². The summed E-state index contributed by atoms with van der Waals surface area (Å²) in [6.07, 6.45) is 74.8. The summed E-state index contributed by atoms with van der Waals surface area (Å²) in [6.45, 7) is 6.81. The lowest BCUT2D eigenvalue weighted by Gasteiger charge is -2.30. The van der Waals surface area contributed by atoms with Crippen LogP contribution in [-0.2, 0) is 27.9 Å². The second kappa shape index (κ2) is 58.9. The van der Waals surface area contributed by atoms with Crippen molar-refractivity contribution in [3.05, 3.63) is 60.8 Å². The number of phosphoric ester groups is 1. The number of carbonyl (C=O) groups excluding carboxylic acids is 2. The predicted molar refractivity (Wildman–Crippen MR) is 339 cm³/mol. The largest absolute Gasteiger partial charge is 0.756 e. The van der Waals surface area contributed by atoms with Crippen LogP contribution in [0.15, 0.2) is 60.8 Å². The van der Waals surface area contributed by atoms with E-state index in [-0.39, 0.29) is 24.9 Å². The molecule has 0 aliphatic heterocycles. The predicted octanol–water partition coefficient (Wildman–Crippen LogP) is 20.4. The van der Waals surface area contributed by atoms with Crippen LogP contribution in [0.3, 0.4) is 0 Å². The molecular weight excluding hydrogens is 1000 g/mol. The van der Waals surface area contributed by atoms with Crippen molar-refractivity contribution >= 4 is 19.7 Å². The first-order valence-electron chi connectivity index (χ1n) is 33.6. The Hall–Kier alpha value is -2.29. The first-order valence-corrected chi connectivity index (χ1v) is 35.1. The number of amides is 1. The number of quaternary nitrogens is 1. The highest BCUT2D eigenvalue weighted by Gasteiger charge is 2.27. The third-order valence-electron chi connectivity index (χ3n) is 14.9. The maximum absolute atomic E-state index is 13.5. The number of hydrogen-bond donors (Lipinski definition) is 1. The quantitative estimate of drug-likeness (QED) is 0.0161.